The smallest absolute Gasteiger partial charge is 0.225 e. The van der Waals surface area contributed by atoms with Gasteiger partial charge in [0.2, 0.25) is 5.95 Å². The van der Waals surface area contributed by atoms with Crippen LogP contribution in [-0.4, -0.2) is 15.0 Å². The van der Waals surface area contributed by atoms with Gasteiger partial charge in [0.05, 0.1) is 5.52 Å². The molecule has 3 N–H and O–H groups in total. The highest BCUT2D eigenvalue weighted by atomic mass is 15.2. The third-order valence-electron chi connectivity index (χ3n) is 5.44. The first-order chi connectivity index (χ1) is 15.8. The van der Waals surface area contributed by atoms with E-state index in [0.29, 0.717) is 19.0 Å². The second kappa shape index (κ2) is 9.35. The van der Waals surface area contributed by atoms with Crippen LogP contribution in [0.1, 0.15) is 22.3 Å². The first-order valence-corrected chi connectivity index (χ1v) is 10.8. The standard InChI is InChI=1S/C27H25N5/c1-4-10-20(11-5-1)16-23-19-28-25-24(23)31-27(30-18-22-14-8-3-9-15-22)32-26(25)29-17-21-12-6-2-7-13-21/h1-15,19,28H,16-18H2,(H2,29,30,31,32). The lowest BCUT2D eigenvalue weighted by Crippen LogP contribution is -2.08. The lowest BCUT2D eigenvalue weighted by Gasteiger charge is -2.11. The molecule has 0 aliphatic heterocycles. The van der Waals surface area contributed by atoms with Crippen molar-refractivity contribution in [3.05, 3.63) is 119 Å². The van der Waals surface area contributed by atoms with E-state index in [2.05, 4.69) is 64.1 Å². The van der Waals surface area contributed by atoms with Crippen LogP contribution >= 0.6 is 0 Å². The van der Waals surface area contributed by atoms with Gasteiger partial charge < -0.3 is 15.6 Å². The van der Waals surface area contributed by atoms with E-state index in [1.165, 1.54) is 16.7 Å². The summed E-state index contributed by atoms with van der Waals surface area (Å²) in [6.45, 7) is 1.36. The first-order valence-electron chi connectivity index (χ1n) is 10.8. The molecule has 2 heterocycles. The summed E-state index contributed by atoms with van der Waals surface area (Å²) < 4.78 is 0. The zero-order chi connectivity index (χ0) is 21.6. The number of H-pyrrole nitrogens is 1. The lowest BCUT2D eigenvalue weighted by molar-refractivity contribution is 1.05. The van der Waals surface area contributed by atoms with E-state index in [4.69, 9.17) is 9.97 Å². The van der Waals surface area contributed by atoms with Crippen LogP contribution in [0.15, 0.2) is 97.2 Å². The molecule has 0 bridgehead atoms. The second-order valence-corrected chi connectivity index (χ2v) is 7.77. The summed E-state index contributed by atoms with van der Waals surface area (Å²) in [6.07, 6.45) is 2.86. The molecule has 0 unspecified atom stereocenters. The zero-order valence-electron chi connectivity index (χ0n) is 17.8. The quantitative estimate of drug-likeness (QED) is 0.299. The van der Waals surface area contributed by atoms with Crippen molar-refractivity contribution >= 4 is 22.8 Å². The maximum Gasteiger partial charge on any atom is 0.225 e. The molecular weight excluding hydrogens is 394 g/mol. The van der Waals surface area contributed by atoms with Gasteiger partial charge in [-0.05, 0) is 16.7 Å². The van der Waals surface area contributed by atoms with Crippen LogP contribution in [0.25, 0.3) is 11.0 Å². The van der Waals surface area contributed by atoms with Crippen LogP contribution in [0.4, 0.5) is 11.8 Å². The van der Waals surface area contributed by atoms with Crippen molar-refractivity contribution in [2.45, 2.75) is 19.5 Å². The van der Waals surface area contributed by atoms with Crippen molar-refractivity contribution in [2.75, 3.05) is 10.6 Å². The number of hydrogen-bond donors (Lipinski definition) is 3. The second-order valence-electron chi connectivity index (χ2n) is 7.77. The predicted octanol–water partition coefficient (Wildman–Crippen LogP) is 5.77. The molecule has 0 spiro atoms. The van der Waals surface area contributed by atoms with Crippen LogP contribution in [0.3, 0.4) is 0 Å². The number of aromatic amines is 1. The molecule has 0 radical (unpaired) electrons. The number of nitrogens with one attached hydrogen (secondary N) is 3. The summed E-state index contributed by atoms with van der Waals surface area (Å²) in [4.78, 5) is 13.1. The van der Waals surface area contributed by atoms with Crippen LogP contribution in [-0.2, 0) is 19.5 Å². The third kappa shape index (κ3) is 4.62. The van der Waals surface area contributed by atoms with Crippen LogP contribution < -0.4 is 10.6 Å². The Labute approximate surface area is 187 Å². The van der Waals surface area contributed by atoms with Crippen molar-refractivity contribution in [1.82, 2.24) is 15.0 Å². The van der Waals surface area contributed by atoms with Gasteiger partial charge in [0.1, 0.15) is 5.52 Å². The lowest BCUT2D eigenvalue weighted by atomic mass is 10.1. The number of rotatable bonds is 8. The van der Waals surface area contributed by atoms with Gasteiger partial charge in [-0.15, -0.1) is 0 Å². The van der Waals surface area contributed by atoms with E-state index in [0.717, 1.165) is 28.8 Å². The third-order valence-corrected chi connectivity index (χ3v) is 5.44. The van der Waals surface area contributed by atoms with Crippen LogP contribution in [0.5, 0.6) is 0 Å². The summed E-state index contributed by atoms with van der Waals surface area (Å²) in [5, 5.41) is 6.89. The Bertz CT molecular complexity index is 1280. The van der Waals surface area contributed by atoms with Crippen LogP contribution in [0.2, 0.25) is 0 Å². The normalized spacial score (nSPS) is 10.9. The Morgan fingerprint density at radius 1 is 0.625 bits per heavy atom. The molecule has 0 saturated heterocycles. The topological polar surface area (TPSA) is 65.6 Å². The molecule has 32 heavy (non-hydrogen) atoms. The van der Waals surface area contributed by atoms with Gasteiger partial charge in [0, 0.05) is 31.3 Å². The molecule has 0 amide bonds. The zero-order valence-corrected chi connectivity index (χ0v) is 17.8. The average molecular weight is 420 g/mol. The van der Waals surface area contributed by atoms with E-state index in [-0.39, 0.29) is 0 Å². The van der Waals surface area contributed by atoms with Gasteiger partial charge >= 0.3 is 0 Å². The molecule has 3 aromatic carbocycles. The number of hydrogen-bond acceptors (Lipinski definition) is 4. The molecule has 0 saturated carbocycles. The highest BCUT2D eigenvalue weighted by Gasteiger charge is 2.14. The Morgan fingerprint density at radius 2 is 1.19 bits per heavy atom. The van der Waals surface area contributed by atoms with Gasteiger partial charge in [-0.3, -0.25) is 0 Å². The van der Waals surface area contributed by atoms with E-state index < -0.39 is 0 Å². The number of anilines is 2. The van der Waals surface area contributed by atoms with Gasteiger partial charge in [-0.1, -0.05) is 91.0 Å². The highest BCUT2D eigenvalue weighted by molar-refractivity contribution is 5.89. The molecule has 5 aromatic rings. The SMILES string of the molecule is c1ccc(CNc2nc(NCc3ccccc3)c3[nH]cc(Cc4ccccc4)c3n2)cc1. The maximum atomic E-state index is 4.87. The Hall–Kier alpha value is -4.12. The molecule has 2 aromatic heterocycles. The largest absolute Gasteiger partial charge is 0.364 e. The summed E-state index contributed by atoms with van der Waals surface area (Å²) in [6, 6.07) is 31.1. The van der Waals surface area contributed by atoms with Crippen molar-refractivity contribution in [1.29, 1.82) is 0 Å². The number of benzene rings is 3. The minimum atomic E-state index is 0.617. The monoisotopic (exact) mass is 419 g/mol. The van der Waals surface area contributed by atoms with Crippen molar-refractivity contribution < 1.29 is 0 Å². The Kier molecular flexibility index (Phi) is 5.79. The fraction of sp³-hybridized carbons (Fsp3) is 0.111. The summed E-state index contributed by atoms with van der Waals surface area (Å²) in [5.74, 6) is 1.42. The van der Waals surface area contributed by atoms with E-state index in [1.54, 1.807) is 0 Å². The molecule has 5 rings (SSSR count). The van der Waals surface area contributed by atoms with Crippen LogP contribution in [0, 0.1) is 0 Å². The minimum Gasteiger partial charge on any atom is -0.364 e. The molecule has 0 fully saturated rings. The minimum absolute atomic E-state index is 0.617. The fourth-order valence-electron chi connectivity index (χ4n) is 3.77. The Morgan fingerprint density at radius 3 is 1.81 bits per heavy atom. The van der Waals surface area contributed by atoms with E-state index in [9.17, 15) is 0 Å². The van der Waals surface area contributed by atoms with Crippen molar-refractivity contribution in [3.63, 3.8) is 0 Å². The number of nitrogens with zero attached hydrogens (tertiary/aromatic N) is 2. The van der Waals surface area contributed by atoms with Crippen molar-refractivity contribution in [2.24, 2.45) is 0 Å². The summed E-state index contributed by atoms with van der Waals surface area (Å²) in [5.41, 5.74) is 6.67. The molecule has 0 aliphatic rings. The van der Waals surface area contributed by atoms with Gasteiger partial charge in [-0.25, -0.2) is 4.98 Å². The number of aromatic nitrogens is 3. The van der Waals surface area contributed by atoms with Gasteiger partial charge in [0.25, 0.3) is 0 Å². The van der Waals surface area contributed by atoms with E-state index in [1.807, 2.05) is 48.7 Å². The van der Waals surface area contributed by atoms with Gasteiger partial charge in [0.15, 0.2) is 5.82 Å². The van der Waals surface area contributed by atoms with E-state index >= 15 is 0 Å². The van der Waals surface area contributed by atoms with Gasteiger partial charge in [-0.2, -0.15) is 4.98 Å². The molecule has 0 atom stereocenters. The maximum absolute atomic E-state index is 4.87. The molecule has 158 valence electrons. The molecule has 5 heteroatoms. The highest BCUT2D eigenvalue weighted by Crippen LogP contribution is 2.26. The molecule has 0 aliphatic carbocycles. The van der Waals surface area contributed by atoms with Crippen molar-refractivity contribution in [3.8, 4) is 0 Å². The summed E-state index contributed by atoms with van der Waals surface area (Å²) >= 11 is 0. The molecule has 5 nitrogen and oxygen atoms in total. The average Bonchev–Trinajstić information content (AvgIpc) is 3.26. The first kappa shape index (κ1) is 19.8. The summed E-state index contributed by atoms with van der Waals surface area (Å²) in [7, 11) is 0. The predicted molar refractivity (Wildman–Crippen MR) is 131 cm³/mol. The number of fused-ring (bicyclic) bond motifs is 1. The Balaban J connectivity index is 1.46. The molecular formula is C27H25N5. The fourth-order valence-corrected chi connectivity index (χ4v) is 3.77.